The molecule has 1 aliphatic heterocycles. The average molecular weight is 477 g/mol. The highest BCUT2D eigenvalue weighted by atomic mass is 29.6. The summed E-state index contributed by atoms with van der Waals surface area (Å²) in [4.78, 5) is 0. The Bertz CT molecular complexity index is 1040. The van der Waals surface area contributed by atoms with Crippen LogP contribution in [0.2, 0.25) is 25.2 Å². The van der Waals surface area contributed by atoms with Crippen molar-refractivity contribution in [2.75, 3.05) is 0 Å². The van der Waals surface area contributed by atoms with Crippen LogP contribution < -0.4 is 20.7 Å². The van der Waals surface area contributed by atoms with E-state index in [1.807, 2.05) is 0 Å². The standard InChI is InChI=1S/C30H32Si3/c1-31(2)32(27-17-7-3-8-18-27,28-19-9-4-10-20-28)25-15-16-26-33(31,29-21-11-5-12-22-29)30-23-13-6-14-24-30/h3-24H,25-26H2,1-2H3. The summed E-state index contributed by atoms with van der Waals surface area (Å²) < 4.78 is 0. The minimum atomic E-state index is -2.10. The van der Waals surface area contributed by atoms with Gasteiger partial charge in [-0.05, 0) is 12.1 Å². The van der Waals surface area contributed by atoms with Crippen molar-refractivity contribution in [2.45, 2.75) is 25.2 Å². The van der Waals surface area contributed by atoms with Gasteiger partial charge in [-0.25, -0.2) is 0 Å². The highest BCUT2D eigenvalue weighted by Crippen LogP contribution is 2.37. The van der Waals surface area contributed by atoms with Crippen LogP contribution in [0.5, 0.6) is 0 Å². The molecule has 0 radical (unpaired) electrons. The third-order valence-electron chi connectivity index (χ3n) is 8.21. The van der Waals surface area contributed by atoms with Gasteiger partial charge in [-0.2, -0.15) is 0 Å². The predicted molar refractivity (Wildman–Crippen MR) is 152 cm³/mol. The molecular formula is C30H32Si3. The highest BCUT2D eigenvalue weighted by Gasteiger charge is 2.63. The zero-order chi connectivity index (χ0) is 22.8. The minimum absolute atomic E-state index is 1.20. The van der Waals surface area contributed by atoms with Crippen LogP contribution in [0.3, 0.4) is 0 Å². The molecule has 4 aromatic rings. The second kappa shape index (κ2) is 8.90. The zero-order valence-electron chi connectivity index (χ0n) is 19.6. The van der Waals surface area contributed by atoms with Crippen molar-refractivity contribution >= 4 is 43.0 Å². The summed E-state index contributed by atoms with van der Waals surface area (Å²) in [5, 5.41) is 6.46. The Morgan fingerprint density at radius 1 is 0.394 bits per heavy atom. The zero-order valence-corrected chi connectivity index (χ0v) is 22.6. The summed E-state index contributed by atoms with van der Waals surface area (Å²) in [6, 6.07) is 48.8. The molecule has 33 heavy (non-hydrogen) atoms. The van der Waals surface area contributed by atoms with Crippen molar-refractivity contribution in [3.8, 4) is 0 Å². The summed E-state index contributed by atoms with van der Waals surface area (Å²) in [6.45, 7) is 5.52. The first-order valence-corrected chi connectivity index (χ1v) is 21.4. The second-order valence-electron chi connectivity index (χ2n) is 9.78. The molecule has 0 saturated heterocycles. The minimum Gasteiger partial charge on any atom is -0.0910 e. The molecule has 3 heteroatoms. The van der Waals surface area contributed by atoms with Crippen LogP contribution in [0.15, 0.2) is 133 Å². The van der Waals surface area contributed by atoms with E-state index >= 15 is 0 Å². The van der Waals surface area contributed by atoms with E-state index in [0.717, 1.165) is 0 Å². The van der Waals surface area contributed by atoms with E-state index in [2.05, 4.69) is 147 Å². The van der Waals surface area contributed by atoms with Crippen LogP contribution in [-0.2, 0) is 0 Å². The van der Waals surface area contributed by atoms with Crippen LogP contribution in [0.4, 0.5) is 0 Å². The Morgan fingerprint density at radius 3 is 0.879 bits per heavy atom. The molecule has 0 nitrogen and oxygen atoms in total. The predicted octanol–water partition coefficient (Wildman–Crippen LogP) is 4.95. The molecule has 0 fully saturated rings. The molecule has 0 aliphatic carbocycles. The Hall–Kier alpha value is -2.73. The summed E-state index contributed by atoms with van der Waals surface area (Å²) in [7, 11) is -6.15. The number of hydrogen-bond donors (Lipinski definition) is 0. The maximum absolute atomic E-state index is 2.76. The molecule has 0 saturated carbocycles. The largest absolute Gasteiger partial charge is 0.112 e. The van der Waals surface area contributed by atoms with Gasteiger partial charge in [0.1, 0.15) is 15.2 Å². The molecule has 0 unspecified atom stereocenters. The average Bonchev–Trinajstić information content (AvgIpc) is 3.00. The lowest BCUT2D eigenvalue weighted by atomic mass is 10.4. The van der Waals surface area contributed by atoms with Gasteiger partial charge in [0, 0.05) is 0 Å². The Kier molecular flexibility index (Phi) is 5.96. The first-order chi connectivity index (χ1) is 16.1. The fourth-order valence-corrected chi connectivity index (χ4v) is 47.1. The maximum Gasteiger partial charge on any atom is 0.112 e. The normalized spacial score (nSPS) is 18.4. The van der Waals surface area contributed by atoms with E-state index in [1.54, 1.807) is 20.7 Å². The molecule has 0 aromatic heterocycles. The Morgan fingerprint density at radius 2 is 0.636 bits per heavy atom. The van der Waals surface area contributed by atoms with Crippen molar-refractivity contribution < 1.29 is 0 Å². The van der Waals surface area contributed by atoms with Crippen molar-refractivity contribution in [1.82, 2.24) is 0 Å². The van der Waals surface area contributed by atoms with Gasteiger partial charge in [0.25, 0.3) is 0 Å². The van der Waals surface area contributed by atoms with Gasteiger partial charge in [0.05, 0.1) is 7.11 Å². The molecule has 0 atom stereocenters. The Labute approximate surface area is 201 Å². The van der Waals surface area contributed by atoms with E-state index in [0.29, 0.717) is 0 Å². The Balaban J connectivity index is 1.91. The van der Waals surface area contributed by atoms with Crippen molar-refractivity contribution in [2.24, 2.45) is 0 Å². The molecule has 164 valence electrons. The summed E-state index contributed by atoms with van der Waals surface area (Å²) in [5.74, 6) is 0. The van der Waals surface area contributed by atoms with Gasteiger partial charge in [0.15, 0.2) is 0 Å². The lowest BCUT2D eigenvalue weighted by molar-refractivity contribution is 1.54. The van der Waals surface area contributed by atoms with Crippen molar-refractivity contribution in [1.29, 1.82) is 0 Å². The summed E-state index contributed by atoms with van der Waals surface area (Å²) >= 11 is 0. The fourth-order valence-electron chi connectivity index (χ4n) is 6.53. The SMILES string of the molecule is C[Si]1(C)[Si](c2ccccc2)(c2ccccc2)CC=CC[Si]1(c1ccccc1)c1ccccc1. The van der Waals surface area contributed by atoms with Crippen LogP contribution in [-0.4, -0.2) is 22.3 Å². The van der Waals surface area contributed by atoms with Crippen LogP contribution >= 0.6 is 0 Å². The van der Waals surface area contributed by atoms with Gasteiger partial charge in [-0.3, -0.25) is 0 Å². The van der Waals surface area contributed by atoms with Gasteiger partial charge in [-0.15, -0.1) is 0 Å². The molecule has 1 heterocycles. The van der Waals surface area contributed by atoms with Gasteiger partial charge in [0.2, 0.25) is 0 Å². The number of rotatable bonds is 4. The van der Waals surface area contributed by atoms with E-state index < -0.39 is 22.3 Å². The fraction of sp³-hybridized carbons (Fsp3) is 0.133. The third-order valence-corrected chi connectivity index (χ3v) is 44.6. The monoisotopic (exact) mass is 476 g/mol. The maximum atomic E-state index is 2.76. The van der Waals surface area contributed by atoms with Crippen LogP contribution in [0.25, 0.3) is 0 Å². The van der Waals surface area contributed by atoms with Crippen LogP contribution in [0, 0.1) is 0 Å². The topological polar surface area (TPSA) is 0 Å². The molecule has 0 bridgehead atoms. The third kappa shape index (κ3) is 3.38. The van der Waals surface area contributed by atoms with Crippen molar-refractivity contribution in [3.05, 3.63) is 133 Å². The van der Waals surface area contributed by atoms with E-state index in [-0.39, 0.29) is 0 Å². The van der Waals surface area contributed by atoms with Gasteiger partial charge >= 0.3 is 0 Å². The second-order valence-corrected chi connectivity index (χ2v) is 33.9. The number of benzene rings is 4. The van der Waals surface area contributed by atoms with E-state index in [9.17, 15) is 0 Å². The number of allylic oxidation sites excluding steroid dienone is 2. The summed E-state index contributed by atoms with van der Waals surface area (Å²) in [6.07, 6.45) is 5.11. The van der Waals surface area contributed by atoms with Gasteiger partial charge in [-0.1, -0.05) is 167 Å². The lowest BCUT2D eigenvalue weighted by Crippen LogP contribution is -2.88. The lowest BCUT2D eigenvalue weighted by Gasteiger charge is -2.54. The van der Waals surface area contributed by atoms with Crippen molar-refractivity contribution in [3.63, 3.8) is 0 Å². The smallest absolute Gasteiger partial charge is 0.0910 e. The van der Waals surface area contributed by atoms with Gasteiger partial charge < -0.3 is 0 Å². The molecule has 5 rings (SSSR count). The highest BCUT2D eigenvalue weighted by molar-refractivity contribution is 7.78. The summed E-state index contributed by atoms with van der Waals surface area (Å²) in [5.41, 5.74) is 0. The first kappa shape index (κ1) is 22.1. The molecular weight excluding hydrogens is 445 g/mol. The molecule has 4 aromatic carbocycles. The first-order valence-electron chi connectivity index (χ1n) is 12.0. The van der Waals surface area contributed by atoms with E-state index in [1.165, 1.54) is 12.1 Å². The quantitative estimate of drug-likeness (QED) is 0.289. The molecule has 1 aliphatic rings. The molecule has 0 N–H and O–H groups in total. The molecule has 0 spiro atoms. The molecule has 0 amide bonds. The van der Waals surface area contributed by atoms with E-state index in [4.69, 9.17) is 0 Å². The number of hydrogen-bond acceptors (Lipinski definition) is 0. The van der Waals surface area contributed by atoms with Crippen LogP contribution in [0.1, 0.15) is 0 Å².